The summed E-state index contributed by atoms with van der Waals surface area (Å²) in [5.74, 6) is -0.196. The van der Waals surface area contributed by atoms with Crippen LogP contribution in [0, 0.1) is 11.3 Å². The monoisotopic (exact) mass is 382 g/mol. The number of hydrogen-bond donors (Lipinski definition) is 1. The van der Waals surface area contributed by atoms with Gasteiger partial charge in [0.15, 0.2) is 0 Å². The predicted octanol–water partition coefficient (Wildman–Crippen LogP) is 5.51. The second-order valence-electron chi connectivity index (χ2n) is 5.74. The van der Waals surface area contributed by atoms with Crippen molar-refractivity contribution in [2.24, 2.45) is 0 Å². The molecule has 0 fully saturated rings. The fourth-order valence-corrected chi connectivity index (χ4v) is 2.51. The van der Waals surface area contributed by atoms with Crippen molar-refractivity contribution in [3.05, 3.63) is 83.6 Å². The van der Waals surface area contributed by atoms with Gasteiger partial charge in [-0.25, -0.2) is 0 Å². The molecule has 0 saturated heterocycles. The van der Waals surface area contributed by atoms with E-state index in [4.69, 9.17) is 4.42 Å². The Morgan fingerprint density at radius 1 is 1.00 bits per heavy atom. The Kier molecular flexibility index (Phi) is 5.32. The largest absolute Gasteiger partial charge is 0.457 e. The minimum Gasteiger partial charge on any atom is -0.457 e. The third-order valence-electron chi connectivity index (χ3n) is 3.82. The second kappa shape index (κ2) is 7.84. The number of rotatable bonds is 4. The van der Waals surface area contributed by atoms with E-state index in [1.54, 1.807) is 18.2 Å². The third kappa shape index (κ3) is 4.30. The van der Waals surface area contributed by atoms with Crippen LogP contribution in [0.15, 0.2) is 76.7 Å². The highest BCUT2D eigenvalue weighted by molar-refractivity contribution is 6.09. The number of amides is 1. The lowest BCUT2D eigenvalue weighted by Crippen LogP contribution is -2.17. The van der Waals surface area contributed by atoms with Crippen molar-refractivity contribution in [2.75, 3.05) is 5.32 Å². The maximum Gasteiger partial charge on any atom is 0.418 e. The van der Waals surface area contributed by atoms with Crippen molar-refractivity contribution >= 4 is 17.7 Å². The molecule has 1 heterocycles. The molecule has 1 aromatic heterocycles. The van der Waals surface area contributed by atoms with Crippen LogP contribution in [0.3, 0.4) is 0 Å². The number of para-hydroxylation sites is 1. The number of anilines is 1. The first-order chi connectivity index (χ1) is 13.4. The first kappa shape index (κ1) is 19.0. The number of carbonyl (C=O) groups excluding carboxylic acids is 1. The number of nitrogens with one attached hydrogen (secondary N) is 1. The van der Waals surface area contributed by atoms with Crippen LogP contribution in [0.2, 0.25) is 0 Å². The number of hydrogen-bond acceptors (Lipinski definition) is 3. The molecule has 7 heteroatoms. The summed E-state index contributed by atoms with van der Waals surface area (Å²) < 4.78 is 44.7. The Morgan fingerprint density at radius 3 is 2.36 bits per heavy atom. The summed E-state index contributed by atoms with van der Waals surface area (Å²) in [7, 11) is 0. The van der Waals surface area contributed by atoms with Crippen LogP contribution < -0.4 is 5.32 Å². The maximum absolute atomic E-state index is 13.0. The minimum atomic E-state index is -4.63. The molecule has 4 nitrogen and oxygen atoms in total. The van der Waals surface area contributed by atoms with Crippen LogP contribution in [-0.2, 0) is 11.0 Å². The molecule has 140 valence electrons. The van der Waals surface area contributed by atoms with E-state index in [1.165, 1.54) is 18.2 Å². The molecule has 0 radical (unpaired) electrons. The maximum atomic E-state index is 13.0. The number of furan rings is 1. The Labute approximate surface area is 158 Å². The van der Waals surface area contributed by atoms with E-state index >= 15 is 0 Å². The molecule has 0 atom stereocenters. The van der Waals surface area contributed by atoms with Crippen LogP contribution in [0.5, 0.6) is 0 Å². The van der Waals surface area contributed by atoms with Crippen molar-refractivity contribution in [3.8, 4) is 17.4 Å². The molecule has 3 rings (SSSR count). The number of nitrogens with zero attached hydrogens (tertiary/aromatic N) is 1. The molecule has 0 bridgehead atoms. The molecule has 1 N–H and O–H groups in total. The summed E-state index contributed by atoms with van der Waals surface area (Å²) in [5.41, 5.74) is -0.995. The van der Waals surface area contributed by atoms with Crippen molar-refractivity contribution < 1.29 is 22.4 Å². The van der Waals surface area contributed by atoms with Gasteiger partial charge in [0.2, 0.25) is 0 Å². The van der Waals surface area contributed by atoms with E-state index in [0.717, 1.165) is 17.7 Å². The molecule has 3 aromatic rings. The van der Waals surface area contributed by atoms with Gasteiger partial charge in [-0.15, -0.1) is 0 Å². The van der Waals surface area contributed by atoms with E-state index in [9.17, 15) is 23.2 Å². The van der Waals surface area contributed by atoms with Gasteiger partial charge in [-0.1, -0.05) is 42.5 Å². The van der Waals surface area contributed by atoms with Crippen molar-refractivity contribution in [1.29, 1.82) is 5.26 Å². The van der Waals surface area contributed by atoms with E-state index in [1.807, 2.05) is 30.3 Å². The van der Waals surface area contributed by atoms with Gasteiger partial charge >= 0.3 is 6.18 Å². The molecule has 0 unspecified atom stereocenters. The fourth-order valence-electron chi connectivity index (χ4n) is 2.51. The van der Waals surface area contributed by atoms with Gasteiger partial charge in [-0.2, -0.15) is 18.4 Å². The Balaban J connectivity index is 1.84. The SMILES string of the molecule is N#C/C(=C\c1ccc(-c2ccccc2)o1)C(=O)Nc1ccccc1C(F)(F)F. The van der Waals surface area contributed by atoms with Gasteiger partial charge in [0.1, 0.15) is 23.2 Å². The molecular weight excluding hydrogens is 369 g/mol. The molecule has 0 saturated carbocycles. The average molecular weight is 382 g/mol. The zero-order valence-corrected chi connectivity index (χ0v) is 14.3. The lowest BCUT2D eigenvalue weighted by molar-refractivity contribution is -0.137. The summed E-state index contributed by atoms with van der Waals surface area (Å²) in [4.78, 5) is 12.3. The van der Waals surface area contributed by atoms with E-state index < -0.39 is 23.3 Å². The normalized spacial score (nSPS) is 11.7. The number of halogens is 3. The lowest BCUT2D eigenvalue weighted by Gasteiger charge is -2.13. The number of benzene rings is 2. The van der Waals surface area contributed by atoms with E-state index in [2.05, 4.69) is 5.32 Å². The summed E-state index contributed by atoms with van der Waals surface area (Å²) >= 11 is 0. The first-order valence-corrected chi connectivity index (χ1v) is 8.13. The smallest absolute Gasteiger partial charge is 0.418 e. The molecule has 0 aliphatic rings. The second-order valence-corrected chi connectivity index (χ2v) is 5.74. The van der Waals surface area contributed by atoms with E-state index in [-0.39, 0.29) is 11.3 Å². The summed E-state index contributed by atoms with van der Waals surface area (Å²) in [6.07, 6.45) is -3.45. The van der Waals surface area contributed by atoms with Crippen molar-refractivity contribution in [2.45, 2.75) is 6.18 Å². The number of alkyl halides is 3. The van der Waals surface area contributed by atoms with Crippen LogP contribution in [0.1, 0.15) is 11.3 Å². The minimum absolute atomic E-state index is 0.231. The molecular formula is C21H13F3N2O2. The average Bonchev–Trinajstić information content (AvgIpc) is 3.15. The summed E-state index contributed by atoms with van der Waals surface area (Å²) in [6.45, 7) is 0. The van der Waals surface area contributed by atoms with Crippen LogP contribution in [-0.4, -0.2) is 5.91 Å². The molecule has 2 aromatic carbocycles. The van der Waals surface area contributed by atoms with Gasteiger partial charge in [0.05, 0.1) is 11.3 Å². The van der Waals surface area contributed by atoms with Gasteiger partial charge < -0.3 is 9.73 Å². The van der Waals surface area contributed by atoms with Crippen molar-refractivity contribution in [1.82, 2.24) is 0 Å². The third-order valence-corrected chi connectivity index (χ3v) is 3.82. The Bertz CT molecular complexity index is 1060. The Hall–Kier alpha value is -3.79. The predicted molar refractivity (Wildman–Crippen MR) is 97.8 cm³/mol. The number of carbonyl (C=O) groups is 1. The molecule has 0 aliphatic heterocycles. The highest BCUT2D eigenvalue weighted by atomic mass is 19.4. The molecule has 28 heavy (non-hydrogen) atoms. The topological polar surface area (TPSA) is 66.0 Å². The van der Waals surface area contributed by atoms with Crippen molar-refractivity contribution in [3.63, 3.8) is 0 Å². The van der Waals surface area contributed by atoms with Gasteiger partial charge in [0.25, 0.3) is 5.91 Å². The lowest BCUT2D eigenvalue weighted by atomic mass is 10.1. The molecule has 0 spiro atoms. The zero-order valence-electron chi connectivity index (χ0n) is 14.3. The number of nitriles is 1. The van der Waals surface area contributed by atoms with Gasteiger partial charge in [-0.3, -0.25) is 4.79 Å². The molecule has 1 amide bonds. The van der Waals surface area contributed by atoms with Crippen LogP contribution in [0.4, 0.5) is 18.9 Å². The van der Waals surface area contributed by atoms with Gasteiger partial charge in [-0.05, 0) is 24.3 Å². The van der Waals surface area contributed by atoms with Crippen LogP contribution in [0.25, 0.3) is 17.4 Å². The highest BCUT2D eigenvalue weighted by Gasteiger charge is 2.33. The van der Waals surface area contributed by atoms with Crippen LogP contribution >= 0.6 is 0 Å². The van der Waals surface area contributed by atoms with Gasteiger partial charge in [0, 0.05) is 11.6 Å². The quantitative estimate of drug-likeness (QED) is 0.478. The summed E-state index contributed by atoms with van der Waals surface area (Å²) in [6, 6.07) is 18.7. The highest BCUT2D eigenvalue weighted by Crippen LogP contribution is 2.34. The fraction of sp³-hybridized carbons (Fsp3) is 0.0476. The first-order valence-electron chi connectivity index (χ1n) is 8.13. The standard InChI is InChI=1S/C21H13F3N2O2/c22-21(23,24)17-8-4-5-9-18(17)26-20(27)15(13-25)12-16-10-11-19(28-16)14-6-2-1-3-7-14/h1-12H,(H,26,27)/b15-12+. The zero-order chi connectivity index (χ0) is 20.1. The Morgan fingerprint density at radius 2 is 1.68 bits per heavy atom. The van der Waals surface area contributed by atoms with E-state index in [0.29, 0.717) is 5.76 Å². The molecule has 0 aliphatic carbocycles. The summed E-state index contributed by atoms with van der Waals surface area (Å²) in [5, 5.41) is 11.4.